The average Bonchev–Trinajstić information content (AvgIpc) is 2.75. The van der Waals surface area contributed by atoms with Gasteiger partial charge in [0.25, 0.3) is 0 Å². The fourth-order valence-corrected chi connectivity index (χ4v) is 1.56. The van der Waals surface area contributed by atoms with Gasteiger partial charge in [0.1, 0.15) is 18.6 Å². The van der Waals surface area contributed by atoms with Crippen LogP contribution in [0.25, 0.3) is 0 Å². The molecular weight excluding hydrogens is 246 g/mol. The lowest BCUT2D eigenvalue weighted by Crippen LogP contribution is -2.19. The van der Waals surface area contributed by atoms with Crippen LogP contribution in [0.2, 0.25) is 0 Å². The summed E-state index contributed by atoms with van der Waals surface area (Å²) in [5.41, 5.74) is 6.04. The van der Waals surface area contributed by atoms with Crippen molar-refractivity contribution in [1.29, 1.82) is 0 Å². The number of nitrogens with one attached hydrogen (secondary N) is 1. The zero-order valence-electron chi connectivity index (χ0n) is 10.5. The molecule has 1 amide bonds. The maximum absolute atomic E-state index is 11.8. The molecule has 0 radical (unpaired) electrons. The minimum absolute atomic E-state index is 0.0586. The Kier molecular flexibility index (Phi) is 3.97. The first-order chi connectivity index (χ1) is 9.17. The number of nitrogen functional groups attached to an aromatic ring is 1. The predicted octanol–water partition coefficient (Wildman–Crippen LogP) is 0.898. The highest BCUT2D eigenvalue weighted by Gasteiger charge is 2.06. The van der Waals surface area contributed by atoms with Gasteiger partial charge in [-0.05, 0) is 19.1 Å². The zero-order valence-corrected chi connectivity index (χ0v) is 10.5. The van der Waals surface area contributed by atoms with Gasteiger partial charge in [0.05, 0.1) is 6.61 Å². The summed E-state index contributed by atoms with van der Waals surface area (Å²) in [6.07, 6.45) is 1.41. The maximum Gasteiger partial charge on any atom is 0.246 e. The topological polar surface area (TPSA) is 95.1 Å². The van der Waals surface area contributed by atoms with Crippen LogP contribution in [-0.2, 0) is 11.3 Å². The highest BCUT2D eigenvalue weighted by atomic mass is 16.5. The number of aromatic nitrogens is 3. The summed E-state index contributed by atoms with van der Waals surface area (Å²) in [7, 11) is 0. The Morgan fingerprint density at radius 3 is 3.05 bits per heavy atom. The SMILES string of the molecule is CCOc1cccc(NC(=O)Cn2cnc(N)n2)c1. The molecule has 0 fully saturated rings. The Labute approximate surface area is 110 Å². The van der Waals surface area contributed by atoms with Gasteiger partial charge in [-0.15, -0.1) is 5.10 Å². The molecule has 0 spiro atoms. The van der Waals surface area contributed by atoms with Gasteiger partial charge in [0.15, 0.2) is 0 Å². The summed E-state index contributed by atoms with van der Waals surface area (Å²) < 4.78 is 6.73. The summed E-state index contributed by atoms with van der Waals surface area (Å²) in [5.74, 6) is 0.648. The fourth-order valence-electron chi connectivity index (χ4n) is 1.56. The van der Waals surface area contributed by atoms with Crippen molar-refractivity contribution >= 4 is 17.5 Å². The number of amides is 1. The Morgan fingerprint density at radius 1 is 1.53 bits per heavy atom. The van der Waals surface area contributed by atoms with Crippen molar-refractivity contribution < 1.29 is 9.53 Å². The number of benzene rings is 1. The second kappa shape index (κ2) is 5.85. The summed E-state index contributed by atoms with van der Waals surface area (Å²) in [6.45, 7) is 2.54. The van der Waals surface area contributed by atoms with Crippen molar-refractivity contribution in [1.82, 2.24) is 14.8 Å². The van der Waals surface area contributed by atoms with Gasteiger partial charge in [0, 0.05) is 11.8 Å². The van der Waals surface area contributed by atoms with E-state index in [0.717, 1.165) is 0 Å². The van der Waals surface area contributed by atoms with E-state index >= 15 is 0 Å². The Morgan fingerprint density at radius 2 is 2.37 bits per heavy atom. The third-order valence-corrected chi connectivity index (χ3v) is 2.29. The van der Waals surface area contributed by atoms with Gasteiger partial charge in [-0.2, -0.15) is 0 Å². The van der Waals surface area contributed by atoms with Crippen LogP contribution in [0.5, 0.6) is 5.75 Å². The first-order valence-corrected chi connectivity index (χ1v) is 5.85. The molecule has 0 saturated carbocycles. The van der Waals surface area contributed by atoms with E-state index in [0.29, 0.717) is 18.0 Å². The van der Waals surface area contributed by atoms with E-state index in [1.807, 2.05) is 19.1 Å². The number of anilines is 2. The fraction of sp³-hybridized carbons (Fsp3) is 0.250. The minimum Gasteiger partial charge on any atom is -0.494 e. The smallest absolute Gasteiger partial charge is 0.246 e. The molecule has 0 aliphatic heterocycles. The molecule has 7 nitrogen and oxygen atoms in total. The molecule has 1 aromatic heterocycles. The van der Waals surface area contributed by atoms with Crippen molar-refractivity contribution in [3.05, 3.63) is 30.6 Å². The zero-order chi connectivity index (χ0) is 13.7. The second-order valence-electron chi connectivity index (χ2n) is 3.81. The van der Waals surface area contributed by atoms with E-state index in [4.69, 9.17) is 10.5 Å². The molecule has 0 atom stereocenters. The van der Waals surface area contributed by atoms with E-state index in [1.54, 1.807) is 12.1 Å². The highest BCUT2D eigenvalue weighted by molar-refractivity contribution is 5.90. The van der Waals surface area contributed by atoms with Gasteiger partial charge in [0.2, 0.25) is 11.9 Å². The van der Waals surface area contributed by atoms with Gasteiger partial charge in [-0.25, -0.2) is 9.67 Å². The summed E-state index contributed by atoms with van der Waals surface area (Å²) in [4.78, 5) is 15.5. The Hall–Kier alpha value is -2.57. The van der Waals surface area contributed by atoms with Crippen LogP contribution in [0.4, 0.5) is 11.6 Å². The predicted molar refractivity (Wildman–Crippen MR) is 70.7 cm³/mol. The van der Waals surface area contributed by atoms with Crippen LogP contribution in [0.3, 0.4) is 0 Å². The molecule has 2 aromatic rings. The van der Waals surface area contributed by atoms with Crippen LogP contribution in [0.1, 0.15) is 6.92 Å². The van der Waals surface area contributed by atoms with Gasteiger partial charge in [-0.3, -0.25) is 4.79 Å². The van der Waals surface area contributed by atoms with Crippen molar-refractivity contribution in [3.8, 4) is 5.75 Å². The third-order valence-electron chi connectivity index (χ3n) is 2.29. The van der Waals surface area contributed by atoms with Crippen molar-refractivity contribution in [3.63, 3.8) is 0 Å². The lowest BCUT2D eigenvalue weighted by Gasteiger charge is -2.07. The van der Waals surface area contributed by atoms with Gasteiger partial charge >= 0.3 is 0 Å². The summed E-state index contributed by atoms with van der Waals surface area (Å²) in [6, 6.07) is 7.19. The van der Waals surface area contributed by atoms with Crippen LogP contribution in [-0.4, -0.2) is 27.3 Å². The highest BCUT2D eigenvalue weighted by Crippen LogP contribution is 2.17. The standard InChI is InChI=1S/C12H15N5O2/c1-2-19-10-5-3-4-9(6-10)15-11(18)7-17-8-14-12(13)16-17/h3-6,8H,2,7H2,1H3,(H2,13,16)(H,15,18). The quantitative estimate of drug-likeness (QED) is 0.833. The minimum atomic E-state index is -0.210. The van der Waals surface area contributed by atoms with Crippen LogP contribution in [0.15, 0.2) is 30.6 Å². The van der Waals surface area contributed by atoms with E-state index in [9.17, 15) is 4.79 Å². The number of carbonyl (C=O) groups excluding carboxylic acids is 1. The monoisotopic (exact) mass is 261 g/mol. The van der Waals surface area contributed by atoms with Crippen molar-refractivity contribution in [2.75, 3.05) is 17.7 Å². The molecule has 1 aromatic carbocycles. The molecule has 0 unspecified atom stereocenters. The number of hydrogen-bond acceptors (Lipinski definition) is 5. The van der Waals surface area contributed by atoms with Crippen LogP contribution < -0.4 is 15.8 Å². The summed E-state index contributed by atoms with van der Waals surface area (Å²) in [5, 5.41) is 6.59. The van der Waals surface area contributed by atoms with Gasteiger partial charge in [-0.1, -0.05) is 6.07 Å². The van der Waals surface area contributed by atoms with Crippen molar-refractivity contribution in [2.45, 2.75) is 13.5 Å². The molecule has 7 heteroatoms. The molecule has 0 saturated heterocycles. The third kappa shape index (κ3) is 3.70. The molecule has 1 heterocycles. The first-order valence-electron chi connectivity index (χ1n) is 5.85. The van der Waals surface area contributed by atoms with E-state index in [2.05, 4.69) is 15.4 Å². The van der Waals surface area contributed by atoms with Crippen molar-refractivity contribution in [2.24, 2.45) is 0 Å². The molecule has 0 aliphatic rings. The number of nitrogens with two attached hydrogens (primary N) is 1. The number of ether oxygens (including phenoxy) is 1. The van der Waals surface area contributed by atoms with E-state index < -0.39 is 0 Å². The molecule has 19 heavy (non-hydrogen) atoms. The van der Waals surface area contributed by atoms with Crippen LogP contribution >= 0.6 is 0 Å². The van der Waals surface area contributed by atoms with Crippen LogP contribution in [0, 0.1) is 0 Å². The Bertz CT molecular complexity index is 567. The molecule has 100 valence electrons. The number of nitrogens with zero attached hydrogens (tertiary/aromatic N) is 3. The van der Waals surface area contributed by atoms with E-state index in [-0.39, 0.29) is 18.4 Å². The molecule has 0 bridgehead atoms. The molecule has 2 rings (SSSR count). The molecule has 0 aliphatic carbocycles. The second-order valence-corrected chi connectivity index (χ2v) is 3.81. The Balaban J connectivity index is 1.96. The molecule has 3 N–H and O–H groups in total. The summed E-state index contributed by atoms with van der Waals surface area (Å²) >= 11 is 0. The lowest BCUT2D eigenvalue weighted by atomic mass is 10.3. The molecular formula is C12H15N5O2. The number of hydrogen-bond donors (Lipinski definition) is 2. The van der Waals surface area contributed by atoms with Gasteiger partial charge < -0.3 is 15.8 Å². The normalized spacial score (nSPS) is 10.2. The first kappa shape index (κ1) is 12.9. The number of carbonyl (C=O) groups is 1. The van der Waals surface area contributed by atoms with E-state index in [1.165, 1.54) is 11.0 Å². The largest absolute Gasteiger partial charge is 0.494 e. The lowest BCUT2D eigenvalue weighted by molar-refractivity contribution is -0.116. The number of rotatable bonds is 5. The average molecular weight is 261 g/mol. The maximum atomic E-state index is 11.8.